The predicted octanol–water partition coefficient (Wildman–Crippen LogP) is 3.75. The first-order valence-corrected chi connectivity index (χ1v) is 7.39. The van der Waals surface area contributed by atoms with Gasteiger partial charge in [-0.3, -0.25) is 14.5 Å². The highest BCUT2D eigenvalue weighted by atomic mass is 35.5. The maximum atomic E-state index is 12.2. The van der Waals surface area contributed by atoms with Crippen LogP contribution in [0.4, 0.5) is 5.69 Å². The summed E-state index contributed by atoms with van der Waals surface area (Å²) in [6.45, 7) is 4.30. The van der Waals surface area contributed by atoms with E-state index in [9.17, 15) is 9.59 Å². The Morgan fingerprint density at radius 2 is 1.90 bits per heavy atom. The molecule has 0 aliphatic carbocycles. The standard InChI is InChI=1S/C15H12ClNO2S/c1-8-3-5-11-13(9(8)2)17(15(19)14(11)18)7-10-4-6-12(16)20-10/h3-6H,7H2,1-2H3. The topological polar surface area (TPSA) is 37.4 Å². The van der Waals surface area contributed by atoms with Gasteiger partial charge in [0.15, 0.2) is 0 Å². The Morgan fingerprint density at radius 3 is 2.55 bits per heavy atom. The molecule has 3 nitrogen and oxygen atoms in total. The van der Waals surface area contributed by atoms with Crippen LogP contribution in [0.25, 0.3) is 0 Å². The molecule has 1 amide bonds. The lowest BCUT2D eigenvalue weighted by atomic mass is 10.0. The van der Waals surface area contributed by atoms with Crippen molar-refractivity contribution in [3.63, 3.8) is 0 Å². The summed E-state index contributed by atoms with van der Waals surface area (Å²) in [5, 5.41) is 0. The number of aryl methyl sites for hydroxylation is 1. The zero-order chi connectivity index (χ0) is 14.4. The molecule has 0 saturated carbocycles. The largest absolute Gasteiger partial charge is 0.299 e. The molecule has 0 unspecified atom stereocenters. The lowest BCUT2D eigenvalue weighted by molar-refractivity contribution is -0.114. The minimum absolute atomic E-state index is 0.388. The molecule has 1 aromatic heterocycles. The van der Waals surface area contributed by atoms with Crippen LogP contribution in [-0.2, 0) is 11.3 Å². The third-order valence-corrected chi connectivity index (χ3v) is 4.81. The molecule has 0 bridgehead atoms. The van der Waals surface area contributed by atoms with Gasteiger partial charge in [-0.1, -0.05) is 17.7 Å². The number of ketones is 1. The third-order valence-electron chi connectivity index (χ3n) is 3.60. The smallest absolute Gasteiger partial charge is 0.299 e. The van der Waals surface area contributed by atoms with Gasteiger partial charge >= 0.3 is 0 Å². The first-order valence-electron chi connectivity index (χ1n) is 6.19. The number of benzene rings is 1. The van der Waals surface area contributed by atoms with Crippen molar-refractivity contribution in [2.24, 2.45) is 0 Å². The van der Waals surface area contributed by atoms with Crippen molar-refractivity contribution in [2.75, 3.05) is 4.90 Å². The fourth-order valence-electron chi connectivity index (χ4n) is 2.41. The average molecular weight is 306 g/mol. The van der Waals surface area contributed by atoms with Gasteiger partial charge in [-0.05, 0) is 43.2 Å². The molecule has 20 heavy (non-hydrogen) atoms. The highest BCUT2D eigenvalue weighted by Gasteiger charge is 2.37. The molecule has 1 aliphatic rings. The van der Waals surface area contributed by atoms with Crippen LogP contribution in [0.2, 0.25) is 4.34 Å². The molecule has 1 aliphatic heterocycles. The van der Waals surface area contributed by atoms with Crippen molar-refractivity contribution in [3.8, 4) is 0 Å². The van der Waals surface area contributed by atoms with Crippen LogP contribution < -0.4 is 4.90 Å². The molecule has 0 N–H and O–H groups in total. The number of rotatable bonds is 2. The third kappa shape index (κ3) is 1.96. The summed E-state index contributed by atoms with van der Waals surface area (Å²) >= 11 is 7.34. The van der Waals surface area contributed by atoms with E-state index in [1.54, 1.807) is 17.0 Å². The summed E-state index contributed by atoms with van der Waals surface area (Å²) in [5.41, 5.74) is 3.29. The van der Waals surface area contributed by atoms with Crippen LogP contribution in [0.3, 0.4) is 0 Å². The highest BCUT2D eigenvalue weighted by molar-refractivity contribution is 7.16. The maximum absolute atomic E-state index is 12.2. The Bertz CT molecular complexity index is 735. The number of fused-ring (bicyclic) bond motifs is 1. The SMILES string of the molecule is Cc1ccc2c(c1C)N(Cc1ccc(Cl)s1)C(=O)C2=O. The van der Waals surface area contributed by atoms with E-state index in [1.807, 2.05) is 26.0 Å². The van der Waals surface area contributed by atoms with Gasteiger partial charge in [-0.2, -0.15) is 0 Å². The fourth-order valence-corrected chi connectivity index (χ4v) is 3.49. The van der Waals surface area contributed by atoms with E-state index < -0.39 is 11.7 Å². The molecule has 2 aromatic rings. The Labute approximate surface area is 125 Å². The molecule has 0 saturated heterocycles. The molecule has 0 atom stereocenters. The van der Waals surface area contributed by atoms with Gasteiger partial charge in [0.25, 0.3) is 11.7 Å². The van der Waals surface area contributed by atoms with Gasteiger partial charge in [-0.25, -0.2) is 0 Å². The number of carbonyl (C=O) groups excluding carboxylic acids is 2. The summed E-state index contributed by atoms with van der Waals surface area (Å²) < 4.78 is 0.680. The van der Waals surface area contributed by atoms with Crippen molar-refractivity contribution < 1.29 is 9.59 Å². The van der Waals surface area contributed by atoms with E-state index in [0.29, 0.717) is 16.4 Å². The number of amides is 1. The van der Waals surface area contributed by atoms with Crippen LogP contribution >= 0.6 is 22.9 Å². The summed E-state index contributed by atoms with van der Waals surface area (Å²) in [6, 6.07) is 7.30. The number of anilines is 1. The van der Waals surface area contributed by atoms with E-state index in [2.05, 4.69) is 0 Å². The van der Waals surface area contributed by atoms with Crippen molar-refractivity contribution >= 4 is 40.3 Å². The van der Waals surface area contributed by atoms with Crippen LogP contribution in [0.15, 0.2) is 24.3 Å². The first kappa shape index (κ1) is 13.3. The summed E-state index contributed by atoms with van der Waals surface area (Å²) in [5.74, 6) is -0.885. The second-order valence-electron chi connectivity index (χ2n) is 4.83. The van der Waals surface area contributed by atoms with E-state index in [4.69, 9.17) is 11.6 Å². The number of carbonyl (C=O) groups is 2. The average Bonchev–Trinajstić information content (AvgIpc) is 2.92. The molecule has 2 heterocycles. The van der Waals surface area contributed by atoms with Crippen molar-refractivity contribution in [3.05, 3.63) is 50.2 Å². The lowest BCUT2D eigenvalue weighted by Crippen LogP contribution is -2.29. The van der Waals surface area contributed by atoms with Gasteiger partial charge in [0.05, 0.1) is 22.1 Å². The van der Waals surface area contributed by atoms with Gasteiger partial charge < -0.3 is 0 Å². The Balaban J connectivity index is 2.07. The molecule has 0 radical (unpaired) electrons. The molecule has 0 spiro atoms. The Hall–Kier alpha value is -1.65. The number of hydrogen-bond donors (Lipinski definition) is 0. The van der Waals surface area contributed by atoms with Crippen LogP contribution in [0, 0.1) is 13.8 Å². The number of thiophene rings is 1. The lowest BCUT2D eigenvalue weighted by Gasteiger charge is -2.18. The zero-order valence-corrected chi connectivity index (χ0v) is 12.6. The minimum Gasteiger partial charge on any atom is -0.299 e. The number of Topliss-reactive ketones (excluding diaryl/α,β-unsaturated/α-hetero) is 1. The Morgan fingerprint density at radius 1 is 1.15 bits per heavy atom. The van der Waals surface area contributed by atoms with E-state index in [1.165, 1.54) is 11.3 Å². The van der Waals surface area contributed by atoms with Crippen LogP contribution in [-0.4, -0.2) is 11.7 Å². The van der Waals surface area contributed by atoms with Crippen molar-refractivity contribution in [1.29, 1.82) is 0 Å². The molecule has 102 valence electrons. The predicted molar refractivity (Wildman–Crippen MR) is 80.8 cm³/mol. The first-order chi connectivity index (χ1) is 9.49. The molecule has 3 rings (SSSR count). The van der Waals surface area contributed by atoms with Gasteiger partial charge in [0, 0.05) is 4.88 Å². The molecule has 5 heteroatoms. The summed E-state index contributed by atoms with van der Waals surface area (Å²) in [7, 11) is 0. The normalized spacial score (nSPS) is 14.1. The van der Waals surface area contributed by atoms with Crippen LogP contribution in [0.1, 0.15) is 26.4 Å². The van der Waals surface area contributed by atoms with Gasteiger partial charge in [-0.15, -0.1) is 11.3 Å². The Kier molecular flexibility index (Phi) is 3.15. The minimum atomic E-state index is -0.460. The van der Waals surface area contributed by atoms with Gasteiger partial charge in [0.2, 0.25) is 0 Å². The van der Waals surface area contributed by atoms with Crippen LogP contribution in [0.5, 0.6) is 0 Å². The second-order valence-corrected chi connectivity index (χ2v) is 6.63. The maximum Gasteiger partial charge on any atom is 0.299 e. The zero-order valence-electron chi connectivity index (χ0n) is 11.1. The van der Waals surface area contributed by atoms with E-state index in [-0.39, 0.29) is 0 Å². The van der Waals surface area contributed by atoms with Gasteiger partial charge in [0.1, 0.15) is 0 Å². The van der Waals surface area contributed by atoms with E-state index >= 15 is 0 Å². The number of hydrogen-bond acceptors (Lipinski definition) is 3. The van der Waals surface area contributed by atoms with Crippen molar-refractivity contribution in [1.82, 2.24) is 0 Å². The number of nitrogens with zero attached hydrogens (tertiary/aromatic N) is 1. The molecule has 1 aromatic carbocycles. The molecular formula is C15H12ClNO2S. The summed E-state index contributed by atoms with van der Waals surface area (Å²) in [6.07, 6.45) is 0. The molecule has 0 fully saturated rings. The summed E-state index contributed by atoms with van der Waals surface area (Å²) in [4.78, 5) is 26.8. The molecular weight excluding hydrogens is 294 g/mol. The van der Waals surface area contributed by atoms with E-state index in [0.717, 1.165) is 21.7 Å². The quantitative estimate of drug-likeness (QED) is 0.792. The second kappa shape index (κ2) is 4.72. The number of halogens is 1. The fraction of sp³-hybridized carbons (Fsp3) is 0.200. The highest BCUT2D eigenvalue weighted by Crippen LogP contribution is 2.36. The monoisotopic (exact) mass is 305 g/mol. The van der Waals surface area contributed by atoms with Crippen molar-refractivity contribution in [2.45, 2.75) is 20.4 Å².